The Morgan fingerprint density at radius 1 is 1.15 bits per heavy atom. The molecule has 4 nitrogen and oxygen atoms in total. The number of pyridine rings is 1. The molecule has 0 atom stereocenters. The molecule has 1 heterocycles. The molecule has 2 rings (SSSR count). The lowest BCUT2D eigenvalue weighted by Crippen LogP contribution is -2.19. The van der Waals surface area contributed by atoms with E-state index >= 15 is 0 Å². The minimum Gasteiger partial charge on any atom is -0.267 e. The molecule has 0 spiro atoms. The van der Waals surface area contributed by atoms with Gasteiger partial charge >= 0.3 is 0 Å². The van der Waals surface area contributed by atoms with Crippen LogP contribution in [0, 0.1) is 13.8 Å². The number of amides is 1. The first-order chi connectivity index (χ1) is 9.58. The van der Waals surface area contributed by atoms with Crippen LogP contribution in [0.4, 0.5) is 0 Å². The maximum atomic E-state index is 12.0. The number of carbonyl (C=O) groups is 1. The number of hydrazone groups is 1. The molecule has 0 radical (unpaired) electrons. The number of carbonyl (C=O) groups excluding carboxylic acids is 1. The monoisotopic (exact) mass is 267 g/mol. The molecule has 0 unspecified atom stereocenters. The van der Waals surface area contributed by atoms with Gasteiger partial charge in [-0.2, -0.15) is 5.10 Å². The van der Waals surface area contributed by atoms with E-state index in [-0.39, 0.29) is 5.91 Å². The largest absolute Gasteiger partial charge is 0.271 e. The lowest BCUT2D eigenvalue weighted by molar-refractivity contribution is 0.0954. The van der Waals surface area contributed by atoms with Gasteiger partial charge in [-0.15, -0.1) is 0 Å². The van der Waals surface area contributed by atoms with Crippen molar-refractivity contribution in [2.75, 3.05) is 0 Å². The van der Waals surface area contributed by atoms with Crippen LogP contribution in [0.1, 0.15) is 34.0 Å². The molecule has 4 heteroatoms. The fourth-order valence-electron chi connectivity index (χ4n) is 1.72. The fourth-order valence-corrected chi connectivity index (χ4v) is 1.72. The van der Waals surface area contributed by atoms with Crippen molar-refractivity contribution in [1.82, 2.24) is 10.4 Å². The van der Waals surface area contributed by atoms with Crippen molar-refractivity contribution < 1.29 is 4.79 Å². The standard InChI is InChI=1S/C16H17N3O/c1-11-6-7-14(9-12(11)2)16(20)19-18-13(3)15-5-4-8-17-10-15/h4-10H,1-3H3,(H,19,20)/b18-13-. The number of hydrogen-bond acceptors (Lipinski definition) is 3. The van der Waals surface area contributed by atoms with Gasteiger partial charge < -0.3 is 0 Å². The molecule has 1 N–H and O–H groups in total. The molecule has 2 aromatic rings. The SMILES string of the molecule is C/C(=N/NC(=O)c1ccc(C)c(C)c1)c1cccnc1. The highest BCUT2D eigenvalue weighted by molar-refractivity contribution is 6.00. The van der Waals surface area contributed by atoms with Crippen LogP contribution < -0.4 is 5.43 Å². The molecular weight excluding hydrogens is 250 g/mol. The first kappa shape index (κ1) is 13.9. The topological polar surface area (TPSA) is 54.4 Å². The van der Waals surface area contributed by atoms with Crippen LogP contribution in [0.15, 0.2) is 47.8 Å². The van der Waals surface area contributed by atoms with E-state index in [1.165, 1.54) is 0 Å². The number of rotatable bonds is 3. The third-order valence-electron chi connectivity index (χ3n) is 3.17. The molecule has 1 aromatic carbocycles. The van der Waals surface area contributed by atoms with Gasteiger partial charge in [0.2, 0.25) is 0 Å². The van der Waals surface area contributed by atoms with Crippen molar-refractivity contribution >= 4 is 11.6 Å². The average Bonchev–Trinajstić information content (AvgIpc) is 2.48. The maximum absolute atomic E-state index is 12.0. The summed E-state index contributed by atoms with van der Waals surface area (Å²) < 4.78 is 0. The van der Waals surface area contributed by atoms with Gasteiger partial charge in [-0.3, -0.25) is 9.78 Å². The van der Waals surface area contributed by atoms with E-state index in [9.17, 15) is 4.79 Å². The van der Waals surface area contributed by atoms with E-state index in [1.54, 1.807) is 18.5 Å². The summed E-state index contributed by atoms with van der Waals surface area (Å²) in [4.78, 5) is 16.0. The quantitative estimate of drug-likeness (QED) is 0.686. The van der Waals surface area contributed by atoms with Crippen molar-refractivity contribution in [2.45, 2.75) is 20.8 Å². The zero-order chi connectivity index (χ0) is 14.5. The Balaban J connectivity index is 2.10. The van der Waals surface area contributed by atoms with Crippen LogP contribution >= 0.6 is 0 Å². The average molecular weight is 267 g/mol. The highest BCUT2D eigenvalue weighted by Crippen LogP contribution is 2.09. The van der Waals surface area contributed by atoms with Crippen molar-refractivity contribution in [1.29, 1.82) is 0 Å². The van der Waals surface area contributed by atoms with E-state index < -0.39 is 0 Å². The second-order valence-electron chi connectivity index (χ2n) is 4.68. The van der Waals surface area contributed by atoms with E-state index in [2.05, 4.69) is 15.5 Å². The lowest BCUT2D eigenvalue weighted by Gasteiger charge is -2.05. The Bertz CT molecular complexity index is 648. The molecule has 0 fully saturated rings. The number of benzene rings is 1. The van der Waals surface area contributed by atoms with Crippen molar-refractivity contribution in [3.05, 3.63) is 65.0 Å². The van der Waals surface area contributed by atoms with Gasteiger partial charge in [0.05, 0.1) is 5.71 Å². The normalized spacial score (nSPS) is 11.2. The summed E-state index contributed by atoms with van der Waals surface area (Å²) in [5.74, 6) is -0.212. The minimum absolute atomic E-state index is 0.212. The fraction of sp³-hybridized carbons (Fsp3) is 0.188. The highest BCUT2D eigenvalue weighted by Gasteiger charge is 2.06. The first-order valence-corrected chi connectivity index (χ1v) is 6.40. The number of nitrogens with one attached hydrogen (secondary N) is 1. The number of nitrogens with zero attached hydrogens (tertiary/aromatic N) is 2. The van der Waals surface area contributed by atoms with Gasteiger partial charge in [0.1, 0.15) is 0 Å². The predicted octanol–water partition coefficient (Wildman–Crippen LogP) is 2.85. The van der Waals surface area contributed by atoms with E-state index in [0.717, 1.165) is 22.4 Å². The summed E-state index contributed by atoms with van der Waals surface area (Å²) in [5, 5.41) is 4.10. The van der Waals surface area contributed by atoms with Gasteiger partial charge in [0.15, 0.2) is 0 Å². The van der Waals surface area contributed by atoms with E-state index in [0.29, 0.717) is 5.56 Å². The first-order valence-electron chi connectivity index (χ1n) is 6.40. The molecule has 0 aliphatic heterocycles. The van der Waals surface area contributed by atoms with Crippen LogP contribution in [0.2, 0.25) is 0 Å². The highest BCUT2D eigenvalue weighted by atomic mass is 16.2. The summed E-state index contributed by atoms with van der Waals surface area (Å²) in [6, 6.07) is 9.32. The lowest BCUT2D eigenvalue weighted by atomic mass is 10.1. The Hall–Kier alpha value is -2.49. The summed E-state index contributed by atoms with van der Waals surface area (Å²) in [6.45, 7) is 5.83. The summed E-state index contributed by atoms with van der Waals surface area (Å²) in [6.07, 6.45) is 3.41. The van der Waals surface area contributed by atoms with Crippen LogP contribution in [0.3, 0.4) is 0 Å². The van der Waals surface area contributed by atoms with Crippen molar-refractivity contribution in [3.63, 3.8) is 0 Å². The molecule has 0 saturated heterocycles. The third-order valence-corrected chi connectivity index (χ3v) is 3.17. The second-order valence-corrected chi connectivity index (χ2v) is 4.68. The zero-order valence-corrected chi connectivity index (χ0v) is 11.8. The van der Waals surface area contributed by atoms with E-state index in [1.807, 2.05) is 45.0 Å². The molecule has 0 aliphatic carbocycles. The zero-order valence-electron chi connectivity index (χ0n) is 11.8. The van der Waals surface area contributed by atoms with Crippen LogP contribution in [0.5, 0.6) is 0 Å². The van der Waals surface area contributed by atoms with Crippen LogP contribution in [-0.2, 0) is 0 Å². The third kappa shape index (κ3) is 3.29. The number of aryl methyl sites for hydroxylation is 2. The molecule has 0 saturated carbocycles. The smallest absolute Gasteiger partial charge is 0.267 e. The van der Waals surface area contributed by atoms with Gasteiger partial charge in [0, 0.05) is 23.5 Å². The Labute approximate surface area is 118 Å². The van der Waals surface area contributed by atoms with Crippen LogP contribution in [-0.4, -0.2) is 16.6 Å². The van der Waals surface area contributed by atoms with E-state index in [4.69, 9.17) is 0 Å². The molecule has 1 aromatic heterocycles. The van der Waals surface area contributed by atoms with Crippen molar-refractivity contribution in [3.8, 4) is 0 Å². The number of aromatic nitrogens is 1. The van der Waals surface area contributed by atoms with Crippen molar-refractivity contribution in [2.24, 2.45) is 5.10 Å². The van der Waals surface area contributed by atoms with Gasteiger partial charge in [-0.1, -0.05) is 12.1 Å². The van der Waals surface area contributed by atoms with Gasteiger partial charge in [-0.05, 0) is 50.1 Å². The molecule has 20 heavy (non-hydrogen) atoms. The summed E-state index contributed by atoms with van der Waals surface area (Å²) >= 11 is 0. The van der Waals surface area contributed by atoms with Crippen LogP contribution in [0.25, 0.3) is 0 Å². The van der Waals surface area contributed by atoms with Gasteiger partial charge in [0.25, 0.3) is 5.91 Å². The molecule has 102 valence electrons. The molecule has 0 bridgehead atoms. The number of hydrogen-bond donors (Lipinski definition) is 1. The molecule has 0 aliphatic rings. The molecular formula is C16H17N3O. The minimum atomic E-state index is -0.212. The maximum Gasteiger partial charge on any atom is 0.271 e. The van der Waals surface area contributed by atoms with Gasteiger partial charge in [-0.25, -0.2) is 5.43 Å². The summed E-state index contributed by atoms with van der Waals surface area (Å²) in [5.41, 5.74) is 7.02. The Morgan fingerprint density at radius 2 is 1.95 bits per heavy atom. The predicted molar refractivity (Wildman–Crippen MR) is 79.8 cm³/mol. The Morgan fingerprint density at radius 3 is 2.60 bits per heavy atom. The summed E-state index contributed by atoms with van der Waals surface area (Å²) in [7, 11) is 0. The Kier molecular flexibility index (Phi) is 4.25. The molecule has 1 amide bonds. The second kappa shape index (κ2) is 6.10.